The summed E-state index contributed by atoms with van der Waals surface area (Å²) in [6, 6.07) is 14.0. The molecule has 7 nitrogen and oxygen atoms in total. The van der Waals surface area contributed by atoms with Gasteiger partial charge in [-0.3, -0.25) is 9.59 Å². The third-order valence-electron chi connectivity index (χ3n) is 6.30. The quantitative estimate of drug-likeness (QED) is 0.429. The standard InChI is InChI=1S/C25H31NO6S/c1-18-16-20(8-9-23(18)21-6-5-7-22(17-21)32-15-14-27)19-10-12-26(13-11-19)33(29,30)25(2,3)24(28)31-4/h5-9,14,16-17,19H,10-13,15H2,1-4H3. The van der Waals surface area contributed by atoms with Gasteiger partial charge < -0.3 is 9.47 Å². The van der Waals surface area contributed by atoms with Crippen LogP contribution in [0.15, 0.2) is 42.5 Å². The lowest BCUT2D eigenvalue weighted by atomic mass is 9.87. The Morgan fingerprint density at radius 1 is 1.15 bits per heavy atom. The van der Waals surface area contributed by atoms with Gasteiger partial charge in [0.15, 0.2) is 11.0 Å². The number of hydrogen-bond acceptors (Lipinski definition) is 6. The smallest absolute Gasteiger partial charge is 0.328 e. The zero-order chi connectivity index (χ0) is 24.2. The molecule has 0 unspecified atom stereocenters. The third kappa shape index (κ3) is 5.12. The van der Waals surface area contributed by atoms with Gasteiger partial charge in [-0.1, -0.05) is 30.3 Å². The highest BCUT2D eigenvalue weighted by Gasteiger charge is 2.47. The second kappa shape index (κ2) is 10.1. The fourth-order valence-electron chi connectivity index (χ4n) is 4.25. The van der Waals surface area contributed by atoms with Crippen LogP contribution in [-0.4, -0.2) is 56.5 Å². The number of benzene rings is 2. The van der Waals surface area contributed by atoms with Crippen LogP contribution in [0.4, 0.5) is 0 Å². The average Bonchev–Trinajstić information content (AvgIpc) is 2.82. The highest BCUT2D eigenvalue weighted by atomic mass is 32.2. The first-order chi connectivity index (χ1) is 15.6. The van der Waals surface area contributed by atoms with Gasteiger partial charge in [0.05, 0.1) is 7.11 Å². The molecular weight excluding hydrogens is 442 g/mol. The molecule has 0 aromatic heterocycles. The predicted molar refractivity (Wildman–Crippen MR) is 127 cm³/mol. The van der Waals surface area contributed by atoms with Crippen molar-refractivity contribution in [3.8, 4) is 16.9 Å². The lowest BCUT2D eigenvalue weighted by Crippen LogP contribution is -2.52. The summed E-state index contributed by atoms with van der Waals surface area (Å²) in [7, 11) is -2.61. The molecular formula is C25H31NO6S. The maximum absolute atomic E-state index is 13.0. The van der Waals surface area contributed by atoms with E-state index in [0.29, 0.717) is 31.7 Å². The summed E-state index contributed by atoms with van der Waals surface area (Å²) < 4.78 is 35.9. The topological polar surface area (TPSA) is 90.0 Å². The Morgan fingerprint density at radius 2 is 1.85 bits per heavy atom. The van der Waals surface area contributed by atoms with Crippen LogP contribution >= 0.6 is 0 Å². The Hall–Kier alpha value is -2.71. The Labute approximate surface area is 195 Å². The lowest BCUT2D eigenvalue weighted by Gasteiger charge is -2.35. The van der Waals surface area contributed by atoms with Crippen LogP contribution in [-0.2, 0) is 24.3 Å². The van der Waals surface area contributed by atoms with E-state index in [1.54, 1.807) is 0 Å². The van der Waals surface area contributed by atoms with E-state index in [1.165, 1.54) is 30.8 Å². The van der Waals surface area contributed by atoms with Crippen LogP contribution in [0, 0.1) is 6.92 Å². The number of hydrogen-bond donors (Lipinski definition) is 0. The van der Waals surface area contributed by atoms with Crippen molar-refractivity contribution >= 4 is 22.3 Å². The number of esters is 1. The van der Waals surface area contributed by atoms with Crippen LogP contribution in [0.25, 0.3) is 11.1 Å². The molecule has 2 aromatic rings. The van der Waals surface area contributed by atoms with E-state index in [2.05, 4.69) is 25.1 Å². The first-order valence-corrected chi connectivity index (χ1v) is 12.4. The van der Waals surface area contributed by atoms with E-state index in [9.17, 15) is 18.0 Å². The molecule has 0 aliphatic carbocycles. The van der Waals surface area contributed by atoms with Crippen LogP contribution in [0.2, 0.25) is 0 Å². The van der Waals surface area contributed by atoms with Crippen molar-refractivity contribution < 1.29 is 27.5 Å². The van der Waals surface area contributed by atoms with E-state index >= 15 is 0 Å². The highest BCUT2D eigenvalue weighted by Crippen LogP contribution is 2.35. The molecule has 1 heterocycles. The number of methoxy groups -OCH3 is 1. The van der Waals surface area contributed by atoms with Gasteiger partial charge in [-0.15, -0.1) is 0 Å². The van der Waals surface area contributed by atoms with Crippen LogP contribution < -0.4 is 4.74 Å². The van der Waals surface area contributed by atoms with E-state index in [1.807, 2.05) is 24.3 Å². The summed E-state index contributed by atoms with van der Waals surface area (Å²) in [5.74, 6) is 0.135. The maximum Gasteiger partial charge on any atom is 0.328 e. The van der Waals surface area contributed by atoms with E-state index in [0.717, 1.165) is 23.0 Å². The molecule has 0 atom stereocenters. The van der Waals surface area contributed by atoms with Crippen LogP contribution in [0.5, 0.6) is 5.75 Å². The van der Waals surface area contributed by atoms with Crippen molar-refractivity contribution in [3.05, 3.63) is 53.6 Å². The molecule has 0 saturated carbocycles. The number of sulfonamides is 1. The van der Waals surface area contributed by atoms with Gasteiger partial charge in [-0.05, 0) is 73.9 Å². The minimum absolute atomic E-state index is 0.0204. The Morgan fingerprint density at radius 3 is 2.45 bits per heavy atom. The predicted octanol–water partition coefficient (Wildman–Crippen LogP) is 3.70. The summed E-state index contributed by atoms with van der Waals surface area (Å²) in [6.07, 6.45) is 2.09. The molecule has 178 valence electrons. The maximum atomic E-state index is 13.0. The summed E-state index contributed by atoms with van der Waals surface area (Å²) in [5.41, 5.74) is 4.37. The van der Waals surface area contributed by atoms with E-state index in [-0.39, 0.29) is 12.5 Å². The molecule has 1 fully saturated rings. The molecule has 8 heteroatoms. The molecule has 0 spiro atoms. The van der Waals surface area contributed by atoms with E-state index in [4.69, 9.17) is 9.47 Å². The van der Waals surface area contributed by atoms with Crippen molar-refractivity contribution in [1.82, 2.24) is 4.31 Å². The first-order valence-electron chi connectivity index (χ1n) is 11.0. The van der Waals surface area contributed by atoms with Gasteiger partial charge in [-0.25, -0.2) is 12.7 Å². The van der Waals surface area contributed by atoms with Gasteiger partial charge in [-0.2, -0.15) is 0 Å². The molecule has 0 N–H and O–H groups in total. The van der Waals surface area contributed by atoms with Crippen molar-refractivity contribution in [2.75, 3.05) is 26.8 Å². The Balaban J connectivity index is 1.72. The SMILES string of the molecule is COC(=O)C(C)(C)S(=O)(=O)N1CCC(c2ccc(-c3cccc(OCC=O)c3)c(C)c2)CC1. The average molecular weight is 474 g/mol. The van der Waals surface area contributed by atoms with Crippen molar-refractivity contribution in [2.45, 2.75) is 44.3 Å². The molecule has 1 aliphatic rings. The number of carbonyl (C=O) groups is 2. The Bertz CT molecular complexity index is 1120. The van der Waals surface area contributed by atoms with Gasteiger partial charge in [0, 0.05) is 13.1 Å². The number of aryl methyl sites for hydroxylation is 1. The van der Waals surface area contributed by atoms with Gasteiger partial charge in [0.25, 0.3) is 0 Å². The van der Waals surface area contributed by atoms with Crippen LogP contribution in [0.1, 0.15) is 43.7 Å². The molecule has 2 aromatic carbocycles. The molecule has 1 saturated heterocycles. The first kappa shape index (κ1) is 24.9. The zero-order valence-corrected chi connectivity index (χ0v) is 20.4. The molecule has 33 heavy (non-hydrogen) atoms. The molecule has 3 rings (SSSR count). The monoisotopic (exact) mass is 473 g/mol. The van der Waals surface area contributed by atoms with Crippen LogP contribution in [0.3, 0.4) is 0 Å². The van der Waals surface area contributed by atoms with Crippen molar-refractivity contribution in [2.24, 2.45) is 0 Å². The fraction of sp³-hybridized carbons (Fsp3) is 0.440. The number of nitrogens with zero attached hydrogens (tertiary/aromatic N) is 1. The van der Waals surface area contributed by atoms with Crippen molar-refractivity contribution in [3.63, 3.8) is 0 Å². The molecule has 1 aliphatic heterocycles. The Kier molecular flexibility index (Phi) is 7.59. The molecule has 0 radical (unpaired) electrons. The summed E-state index contributed by atoms with van der Waals surface area (Å²) in [5, 5.41) is 0. The second-order valence-corrected chi connectivity index (χ2v) is 11.2. The number of aldehydes is 1. The number of carbonyl (C=O) groups excluding carboxylic acids is 2. The minimum Gasteiger partial charge on any atom is -0.486 e. The van der Waals surface area contributed by atoms with E-state index < -0.39 is 20.7 Å². The summed E-state index contributed by atoms with van der Waals surface area (Å²) in [4.78, 5) is 22.6. The van der Waals surface area contributed by atoms with Gasteiger partial charge >= 0.3 is 5.97 Å². The number of ether oxygens (including phenoxy) is 2. The lowest BCUT2D eigenvalue weighted by molar-refractivity contribution is -0.142. The highest BCUT2D eigenvalue weighted by molar-refractivity contribution is 7.91. The summed E-state index contributed by atoms with van der Waals surface area (Å²) >= 11 is 0. The second-order valence-electron chi connectivity index (χ2n) is 8.76. The zero-order valence-electron chi connectivity index (χ0n) is 19.5. The molecule has 0 bridgehead atoms. The normalized spacial score (nSPS) is 15.8. The third-order valence-corrected chi connectivity index (χ3v) is 8.80. The summed E-state index contributed by atoms with van der Waals surface area (Å²) in [6.45, 7) is 5.58. The van der Waals surface area contributed by atoms with Gasteiger partial charge in [0.1, 0.15) is 12.4 Å². The number of piperidine rings is 1. The molecule has 0 amide bonds. The number of rotatable bonds is 8. The fourth-order valence-corrected chi connectivity index (χ4v) is 5.88. The van der Waals surface area contributed by atoms with Gasteiger partial charge in [0.2, 0.25) is 10.0 Å². The minimum atomic E-state index is -3.82. The largest absolute Gasteiger partial charge is 0.486 e. The van der Waals surface area contributed by atoms with Crippen molar-refractivity contribution in [1.29, 1.82) is 0 Å².